The Bertz CT molecular complexity index is 1130. The molecule has 7 heteroatoms. The largest absolute Gasteiger partial charge is 0.507 e. The molecule has 1 N–H and O–H groups in total. The van der Waals surface area contributed by atoms with Gasteiger partial charge in [-0.2, -0.15) is 0 Å². The van der Waals surface area contributed by atoms with E-state index in [9.17, 15) is 14.7 Å². The monoisotopic (exact) mass is 472 g/mol. The summed E-state index contributed by atoms with van der Waals surface area (Å²) in [6, 6.07) is 16.1. The fourth-order valence-electron chi connectivity index (χ4n) is 3.21. The molecule has 0 saturated carbocycles. The third-order valence-corrected chi connectivity index (χ3v) is 5.57. The average Bonchev–Trinajstić information content (AvgIpc) is 2.79. The molecule has 32 heavy (non-hydrogen) atoms. The molecule has 5 nitrogen and oxygen atoms in total. The third kappa shape index (κ3) is 5.81. The number of aryl methyl sites for hydroxylation is 1. The number of carbonyl (C=O) groups is 2. The molecule has 0 atom stereocenters. The van der Waals surface area contributed by atoms with Gasteiger partial charge in [-0.15, -0.1) is 0 Å². The normalized spacial score (nSPS) is 10.6. The number of hydrogen-bond acceptors (Lipinski definition) is 5. The van der Waals surface area contributed by atoms with E-state index in [0.29, 0.717) is 30.8 Å². The highest BCUT2D eigenvalue weighted by atomic mass is 35.5. The van der Waals surface area contributed by atoms with Gasteiger partial charge in [0.15, 0.2) is 6.29 Å². The summed E-state index contributed by atoms with van der Waals surface area (Å²) in [7, 11) is 0. The number of rotatable bonds is 9. The average molecular weight is 473 g/mol. The van der Waals surface area contributed by atoms with Crippen LogP contribution in [0.4, 0.5) is 0 Å². The van der Waals surface area contributed by atoms with E-state index in [1.165, 1.54) is 12.1 Å². The minimum atomic E-state index is -0.221. The van der Waals surface area contributed by atoms with Crippen LogP contribution in [0, 0.1) is 0 Å². The van der Waals surface area contributed by atoms with E-state index >= 15 is 0 Å². The first kappa shape index (κ1) is 23.6. The van der Waals surface area contributed by atoms with Gasteiger partial charge in [-0.25, -0.2) is 0 Å². The summed E-state index contributed by atoms with van der Waals surface area (Å²) in [6.07, 6.45) is 1.41. The lowest BCUT2D eigenvalue weighted by molar-refractivity contribution is -0.143. The fraction of sp³-hybridized carbons (Fsp3) is 0.200. The SMILES string of the molecule is CCOC(=O)CCc1cccc(-c2cccc(COc3cc(O)c(C=O)cc3Cl)c2Cl)c1. The van der Waals surface area contributed by atoms with Gasteiger partial charge < -0.3 is 14.6 Å². The zero-order chi connectivity index (χ0) is 23.1. The summed E-state index contributed by atoms with van der Waals surface area (Å²) in [5, 5.41) is 10.6. The molecule has 0 spiro atoms. The van der Waals surface area contributed by atoms with Crippen molar-refractivity contribution in [2.45, 2.75) is 26.4 Å². The molecule has 0 amide bonds. The van der Waals surface area contributed by atoms with Crippen molar-refractivity contribution in [1.29, 1.82) is 0 Å². The van der Waals surface area contributed by atoms with E-state index in [-0.39, 0.29) is 34.7 Å². The van der Waals surface area contributed by atoms with Crippen molar-refractivity contribution in [3.05, 3.63) is 81.3 Å². The lowest BCUT2D eigenvalue weighted by atomic mass is 9.99. The van der Waals surface area contributed by atoms with Crippen molar-refractivity contribution in [3.63, 3.8) is 0 Å². The van der Waals surface area contributed by atoms with Crippen molar-refractivity contribution in [3.8, 4) is 22.6 Å². The van der Waals surface area contributed by atoms with Crippen LogP contribution in [0.3, 0.4) is 0 Å². The van der Waals surface area contributed by atoms with Crippen LogP contribution >= 0.6 is 23.2 Å². The zero-order valence-electron chi connectivity index (χ0n) is 17.4. The second-order valence-corrected chi connectivity index (χ2v) is 7.82. The van der Waals surface area contributed by atoms with Gasteiger partial charge in [-0.05, 0) is 30.5 Å². The molecular formula is C25H22Cl2O5. The Morgan fingerprint density at radius 2 is 1.88 bits per heavy atom. The number of esters is 1. The molecule has 3 aromatic rings. The number of aldehydes is 1. The van der Waals surface area contributed by atoms with E-state index in [4.69, 9.17) is 32.7 Å². The molecule has 0 aliphatic rings. The van der Waals surface area contributed by atoms with Gasteiger partial charge in [0.25, 0.3) is 0 Å². The van der Waals surface area contributed by atoms with Gasteiger partial charge in [0.1, 0.15) is 18.1 Å². The number of ether oxygens (including phenoxy) is 2. The second kappa shape index (κ2) is 11.0. The van der Waals surface area contributed by atoms with E-state index in [2.05, 4.69) is 0 Å². The molecule has 0 bridgehead atoms. The standard InChI is InChI=1S/C25H22Cl2O5/c1-2-31-24(30)10-9-16-5-3-6-17(11-16)20-8-4-7-18(25(20)27)15-32-23-13-22(29)19(14-28)12-21(23)26/h3-8,11-14,29H,2,9-10,15H2,1H3. The molecule has 166 valence electrons. The Hall–Kier alpha value is -3.02. The molecule has 0 aliphatic heterocycles. The van der Waals surface area contributed by atoms with Crippen LogP contribution in [-0.4, -0.2) is 24.0 Å². The first-order valence-corrected chi connectivity index (χ1v) is 10.8. The highest BCUT2D eigenvalue weighted by molar-refractivity contribution is 6.34. The van der Waals surface area contributed by atoms with Crippen LogP contribution in [0.25, 0.3) is 11.1 Å². The number of aromatic hydroxyl groups is 1. The number of phenolic OH excluding ortho intramolecular Hbond substituents is 1. The lowest BCUT2D eigenvalue weighted by Crippen LogP contribution is -2.05. The minimum absolute atomic E-state index is 0.0882. The van der Waals surface area contributed by atoms with Gasteiger partial charge in [0, 0.05) is 23.6 Å². The van der Waals surface area contributed by atoms with Crippen LogP contribution in [0.15, 0.2) is 54.6 Å². The molecule has 0 radical (unpaired) electrons. The first-order valence-electron chi connectivity index (χ1n) is 10.1. The molecule has 0 heterocycles. The second-order valence-electron chi connectivity index (χ2n) is 7.03. The van der Waals surface area contributed by atoms with Crippen molar-refractivity contribution in [2.75, 3.05) is 6.61 Å². The maximum atomic E-state index is 11.6. The highest BCUT2D eigenvalue weighted by Gasteiger charge is 2.13. The Kier molecular flexibility index (Phi) is 8.14. The quantitative estimate of drug-likeness (QED) is 0.294. The van der Waals surface area contributed by atoms with Gasteiger partial charge in [0.05, 0.1) is 22.2 Å². The lowest BCUT2D eigenvalue weighted by Gasteiger charge is -2.13. The zero-order valence-corrected chi connectivity index (χ0v) is 18.9. The van der Waals surface area contributed by atoms with Crippen LogP contribution in [0.1, 0.15) is 34.8 Å². The van der Waals surface area contributed by atoms with Gasteiger partial charge in [0.2, 0.25) is 0 Å². The van der Waals surface area contributed by atoms with Gasteiger partial charge >= 0.3 is 5.97 Å². The summed E-state index contributed by atoms with van der Waals surface area (Å²) in [5.74, 6) is -0.183. The van der Waals surface area contributed by atoms with E-state index in [0.717, 1.165) is 22.3 Å². The topological polar surface area (TPSA) is 72.8 Å². The van der Waals surface area contributed by atoms with Crippen LogP contribution in [0.5, 0.6) is 11.5 Å². The fourth-order valence-corrected chi connectivity index (χ4v) is 3.72. The Morgan fingerprint density at radius 3 is 2.62 bits per heavy atom. The van der Waals surface area contributed by atoms with E-state index in [1.807, 2.05) is 42.5 Å². The Labute approximate surface area is 196 Å². The Balaban J connectivity index is 1.77. The van der Waals surface area contributed by atoms with Crippen LogP contribution in [-0.2, 0) is 22.6 Å². The van der Waals surface area contributed by atoms with Crippen molar-refractivity contribution in [2.24, 2.45) is 0 Å². The maximum Gasteiger partial charge on any atom is 0.306 e. The molecule has 0 saturated heterocycles. The molecule has 3 aromatic carbocycles. The maximum absolute atomic E-state index is 11.6. The number of benzene rings is 3. The predicted octanol–water partition coefficient (Wildman–Crippen LogP) is 6.25. The number of halogens is 2. The van der Waals surface area contributed by atoms with Gasteiger partial charge in [-0.1, -0.05) is 65.7 Å². The summed E-state index contributed by atoms with van der Waals surface area (Å²) in [6.45, 7) is 2.28. The summed E-state index contributed by atoms with van der Waals surface area (Å²) in [5.41, 5.74) is 3.58. The number of carbonyl (C=O) groups excluding carboxylic acids is 2. The van der Waals surface area contributed by atoms with Crippen LogP contribution in [0.2, 0.25) is 10.0 Å². The smallest absolute Gasteiger partial charge is 0.306 e. The summed E-state index contributed by atoms with van der Waals surface area (Å²) in [4.78, 5) is 22.6. The molecular weight excluding hydrogens is 451 g/mol. The number of phenols is 1. The Morgan fingerprint density at radius 1 is 1.09 bits per heavy atom. The highest BCUT2D eigenvalue weighted by Crippen LogP contribution is 2.35. The third-order valence-electron chi connectivity index (χ3n) is 4.83. The van der Waals surface area contributed by atoms with Crippen molar-refractivity contribution >= 4 is 35.5 Å². The summed E-state index contributed by atoms with van der Waals surface area (Å²) < 4.78 is 10.7. The van der Waals surface area contributed by atoms with E-state index in [1.54, 1.807) is 6.92 Å². The minimum Gasteiger partial charge on any atom is -0.507 e. The predicted molar refractivity (Wildman–Crippen MR) is 125 cm³/mol. The van der Waals surface area contributed by atoms with Gasteiger partial charge in [-0.3, -0.25) is 9.59 Å². The summed E-state index contributed by atoms with van der Waals surface area (Å²) >= 11 is 12.8. The van der Waals surface area contributed by atoms with Crippen LogP contribution < -0.4 is 4.74 Å². The molecule has 0 unspecified atom stereocenters. The molecule has 0 fully saturated rings. The van der Waals surface area contributed by atoms with Crippen molar-refractivity contribution < 1.29 is 24.2 Å². The molecule has 0 aliphatic carbocycles. The molecule has 3 rings (SSSR count). The molecule has 0 aromatic heterocycles. The number of hydrogen-bond donors (Lipinski definition) is 1. The van der Waals surface area contributed by atoms with E-state index < -0.39 is 0 Å². The van der Waals surface area contributed by atoms with Crippen molar-refractivity contribution in [1.82, 2.24) is 0 Å². The first-order chi connectivity index (χ1) is 15.4.